The van der Waals surface area contributed by atoms with Crippen LogP contribution in [0.2, 0.25) is 0 Å². The van der Waals surface area contributed by atoms with Gasteiger partial charge in [-0.1, -0.05) is 30.3 Å². The molecule has 1 fully saturated rings. The minimum atomic E-state index is -1.36. The smallest absolute Gasteiger partial charge is 0.477 e. The second-order valence-corrected chi connectivity index (χ2v) is 7.16. The van der Waals surface area contributed by atoms with E-state index in [2.05, 4.69) is 32.4 Å². The van der Waals surface area contributed by atoms with Crippen LogP contribution in [0.4, 0.5) is 0 Å². The van der Waals surface area contributed by atoms with Gasteiger partial charge in [-0.15, -0.1) is 0 Å². The summed E-state index contributed by atoms with van der Waals surface area (Å²) in [5.41, 5.74) is 0.427. The fourth-order valence-corrected chi connectivity index (χ4v) is 3.56. The van der Waals surface area contributed by atoms with Gasteiger partial charge in [0.2, 0.25) is 0 Å². The summed E-state index contributed by atoms with van der Waals surface area (Å²) in [7, 11) is 0. The number of amides is 1. The number of aromatic nitrogens is 3. The number of hydrogen-bond acceptors (Lipinski definition) is 5. The third kappa shape index (κ3) is 4.81. The summed E-state index contributed by atoms with van der Waals surface area (Å²) in [5.74, 6) is -1.70. The number of H-pyrrole nitrogens is 1. The summed E-state index contributed by atoms with van der Waals surface area (Å²) in [6.07, 6.45) is 2.66. The van der Waals surface area contributed by atoms with Crippen LogP contribution in [0.1, 0.15) is 39.3 Å². The van der Waals surface area contributed by atoms with Gasteiger partial charge in [-0.3, -0.25) is 19.6 Å². The molecule has 1 amide bonds. The number of aromatic carboxylic acids is 1. The van der Waals surface area contributed by atoms with Gasteiger partial charge in [-0.05, 0) is 18.4 Å². The Hall–Kier alpha value is -2.46. The molecule has 0 radical (unpaired) electrons. The average molecular weight is 418 g/mol. The standard InChI is InChI=1S/C20H21N5O4.Na/c26-18(16-10-17-21-11-15(20(28)29)19(27)25(17)23-16)22-14-6-8-24(9-7-14)12-13-4-2-1-3-5-13;/h1-5,10-11,14,23H,6-9,12H2,(H,22,26)(H,28,29);/q;+1. The molecule has 4 rings (SSSR count). The van der Waals surface area contributed by atoms with Gasteiger partial charge >= 0.3 is 35.5 Å². The quantitative estimate of drug-likeness (QED) is 0.417. The number of rotatable bonds is 5. The van der Waals surface area contributed by atoms with E-state index in [1.807, 2.05) is 18.2 Å². The van der Waals surface area contributed by atoms with Crippen molar-refractivity contribution < 1.29 is 44.3 Å². The first-order chi connectivity index (χ1) is 14.0. The molecule has 3 heterocycles. The van der Waals surface area contributed by atoms with Crippen LogP contribution in [-0.4, -0.2) is 55.6 Å². The molecule has 3 N–H and O–H groups in total. The predicted molar refractivity (Wildman–Crippen MR) is 105 cm³/mol. The number of aromatic amines is 1. The molecule has 1 saturated heterocycles. The molecule has 0 unspecified atom stereocenters. The van der Waals surface area contributed by atoms with E-state index in [1.165, 1.54) is 11.6 Å². The molecule has 150 valence electrons. The molecule has 9 nitrogen and oxygen atoms in total. The summed E-state index contributed by atoms with van der Waals surface area (Å²) in [6, 6.07) is 11.8. The molecule has 2 aromatic heterocycles. The monoisotopic (exact) mass is 418 g/mol. The Morgan fingerprint density at radius 3 is 2.57 bits per heavy atom. The molecule has 0 bridgehead atoms. The molecule has 30 heavy (non-hydrogen) atoms. The number of carboxylic acids is 1. The Morgan fingerprint density at radius 1 is 1.20 bits per heavy atom. The van der Waals surface area contributed by atoms with E-state index < -0.39 is 17.1 Å². The number of hydrogen-bond donors (Lipinski definition) is 3. The minimum Gasteiger partial charge on any atom is -0.477 e. The number of carbonyl (C=O) groups is 2. The molecular weight excluding hydrogens is 397 g/mol. The Morgan fingerprint density at radius 2 is 1.90 bits per heavy atom. The van der Waals surface area contributed by atoms with Crippen molar-refractivity contribution in [3.63, 3.8) is 0 Å². The van der Waals surface area contributed by atoms with Crippen molar-refractivity contribution in [1.82, 2.24) is 24.8 Å². The summed E-state index contributed by atoms with van der Waals surface area (Å²) in [4.78, 5) is 42.1. The Bertz CT molecular complexity index is 1100. The molecule has 0 spiro atoms. The van der Waals surface area contributed by atoms with Crippen LogP contribution in [0.5, 0.6) is 0 Å². The van der Waals surface area contributed by atoms with Gasteiger partial charge in [0, 0.05) is 37.9 Å². The Kier molecular flexibility index (Phi) is 7.09. The summed E-state index contributed by atoms with van der Waals surface area (Å²) >= 11 is 0. The third-order valence-electron chi connectivity index (χ3n) is 5.14. The van der Waals surface area contributed by atoms with Gasteiger partial charge in [0.1, 0.15) is 11.3 Å². The number of carbonyl (C=O) groups excluding carboxylic acids is 1. The molecule has 0 aliphatic carbocycles. The van der Waals surface area contributed by atoms with Crippen LogP contribution in [0, 0.1) is 0 Å². The maximum atomic E-state index is 12.6. The van der Waals surface area contributed by atoms with Crippen LogP contribution < -0.4 is 40.4 Å². The van der Waals surface area contributed by atoms with Gasteiger partial charge in [0.25, 0.3) is 11.5 Å². The maximum absolute atomic E-state index is 12.6. The van der Waals surface area contributed by atoms with E-state index in [0.717, 1.165) is 43.2 Å². The fourth-order valence-electron chi connectivity index (χ4n) is 3.56. The topological polar surface area (TPSA) is 120 Å². The molecule has 0 saturated carbocycles. The zero-order chi connectivity index (χ0) is 20.4. The second kappa shape index (κ2) is 9.57. The van der Waals surface area contributed by atoms with Crippen LogP contribution in [0.25, 0.3) is 5.65 Å². The van der Waals surface area contributed by atoms with E-state index in [0.29, 0.717) is 0 Å². The van der Waals surface area contributed by atoms with Gasteiger partial charge in [0.15, 0.2) is 5.65 Å². The van der Waals surface area contributed by atoms with E-state index in [1.54, 1.807) is 0 Å². The number of piperidine rings is 1. The van der Waals surface area contributed by atoms with Crippen molar-refractivity contribution in [1.29, 1.82) is 0 Å². The van der Waals surface area contributed by atoms with Crippen molar-refractivity contribution in [2.45, 2.75) is 25.4 Å². The first-order valence-electron chi connectivity index (χ1n) is 9.42. The van der Waals surface area contributed by atoms with E-state index >= 15 is 0 Å². The summed E-state index contributed by atoms with van der Waals surface area (Å²) in [6.45, 7) is 2.66. The SMILES string of the molecule is O=C(NC1CCN(Cc2ccccc2)CC1)c1cc2ncc(C(=O)O)c(=O)n2[nH]1.[Na+]. The number of benzene rings is 1. The third-order valence-corrected chi connectivity index (χ3v) is 5.14. The zero-order valence-corrected chi connectivity index (χ0v) is 18.7. The predicted octanol–water partition coefficient (Wildman–Crippen LogP) is -1.88. The molecule has 1 aliphatic heterocycles. The molecule has 1 aliphatic rings. The molecular formula is C20H21N5NaO4+. The van der Waals surface area contributed by atoms with Crippen LogP contribution in [-0.2, 0) is 6.54 Å². The van der Waals surface area contributed by atoms with Crippen LogP contribution in [0.3, 0.4) is 0 Å². The van der Waals surface area contributed by atoms with E-state index in [-0.39, 0.29) is 52.8 Å². The first-order valence-corrected chi connectivity index (χ1v) is 9.42. The van der Waals surface area contributed by atoms with Crippen molar-refractivity contribution >= 4 is 17.5 Å². The van der Waals surface area contributed by atoms with Crippen molar-refractivity contribution in [3.8, 4) is 0 Å². The largest absolute Gasteiger partial charge is 1.00 e. The minimum absolute atomic E-state index is 0. The van der Waals surface area contributed by atoms with E-state index in [4.69, 9.17) is 5.11 Å². The molecule has 10 heteroatoms. The normalized spacial score (nSPS) is 14.9. The summed E-state index contributed by atoms with van der Waals surface area (Å²) < 4.78 is 0.973. The first kappa shape index (κ1) is 22.2. The van der Waals surface area contributed by atoms with Crippen molar-refractivity contribution in [3.05, 3.63) is 69.8 Å². The van der Waals surface area contributed by atoms with Gasteiger partial charge in [-0.2, -0.15) is 0 Å². The number of carboxylic acid groups (broad SMARTS) is 1. The van der Waals surface area contributed by atoms with Crippen molar-refractivity contribution in [2.24, 2.45) is 0 Å². The zero-order valence-electron chi connectivity index (χ0n) is 16.7. The summed E-state index contributed by atoms with van der Waals surface area (Å²) in [5, 5.41) is 14.6. The molecule has 1 aromatic carbocycles. The van der Waals surface area contributed by atoms with Gasteiger partial charge in [0.05, 0.1) is 0 Å². The Balaban J connectivity index is 0.00000256. The number of likely N-dealkylation sites (tertiary alicyclic amines) is 1. The number of fused-ring (bicyclic) bond motifs is 1. The maximum Gasteiger partial charge on any atom is 1.00 e. The second-order valence-electron chi connectivity index (χ2n) is 7.16. The van der Waals surface area contributed by atoms with E-state index in [9.17, 15) is 14.4 Å². The molecule has 0 atom stereocenters. The van der Waals surface area contributed by atoms with Crippen molar-refractivity contribution in [2.75, 3.05) is 13.1 Å². The van der Waals surface area contributed by atoms with Gasteiger partial charge in [-0.25, -0.2) is 14.3 Å². The van der Waals surface area contributed by atoms with Gasteiger partial charge < -0.3 is 10.4 Å². The average Bonchev–Trinajstić information content (AvgIpc) is 3.16. The Labute approximate surface area is 194 Å². The van der Waals surface area contributed by atoms with Crippen LogP contribution >= 0.6 is 0 Å². The number of nitrogens with zero attached hydrogens (tertiary/aromatic N) is 3. The van der Waals surface area contributed by atoms with Crippen LogP contribution in [0.15, 0.2) is 47.4 Å². The molecule has 3 aromatic rings. The fraction of sp³-hybridized carbons (Fsp3) is 0.300. The number of nitrogens with one attached hydrogen (secondary N) is 2.